The fourth-order valence-electron chi connectivity index (χ4n) is 5.19. The van der Waals surface area contributed by atoms with Gasteiger partial charge in [0.05, 0.1) is 40.3 Å². The molecule has 0 spiro atoms. The molecular formula is C30H35N3O4. The van der Waals surface area contributed by atoms with Crippen LogP contribution in [-0.2, 0) is 16.2 Å². The van der Waals surface area contributed by atoms with Gasteiger partial charge >= 0.3 is 6.09 Å². The Labute approximate surface area is 216 Å². The van der Waals surface area contributed by atoms with Gasteiger partial charge in [0.25, 0.3) is 0 Å². The van der Waals surface area contributed by atoms with Crippen molar-refractivity contribution in [2.24, 2.45) is 0 Å². The van der Waals surface area contributed by atoms with Crippen molar-refractivity contribution in [1.82, 2.24) is 9.13 Å². The molecule has 37 heavy (non-hydrogen) atoms. The van der Waals surface area contributed by atoms with E-state index in [1.165, 1.54) is 0 Å². The van der Waals surface area contributed by atoms with E-state index in [0.717, 1.165) is 49.3 Å². The zero-order chi connectivity index (χ0) is 26.7. The molecule has 2 aromatic heterocycles. The number of hydrogen-bond donors (Lipinski definition) is 1. The minimum absolute atomic E-state index is 0.248. The highest BCUT2D eigenvalue weighted by atomic mass is 16.6. The Morgan fingerprint density at radius 1 is 0.838 bits per heavy atom. The summed E-state index contributed by atoms with van der Waals surface area (Å²) in [6.45, 7) is 12.3. The summed E-state index contributed by atoms with van der Waals surface area (Å²) in [5, 5.41) is 7.50. The molecule has 7 heteroatoms. The molecular weight excluding hydrogens is 466 g/mol. The van der Waals surface area contributed by atoms with Crippen LogP contribution in [0.5, 0.6) is 5.75 Å². The van der Waals surface area contributed by atoms with Crippen LogP contribution in [0.3, 0.4) is 0 Å². The number of methoxy groups -OCH3 is 2. The minimum atomic E-state index is -0.662. The van der Waals surface area contributed by atoms with Gasteiger partial charge in [-0.05, 0) is 53.7 Å². The van der Waals surface area contributed by atoms with Crippen LogP contribution in [0, 0.1) is 0 Å². The molecule has 3 aromatic carbocycles. The van der Waals surface area contributed by atoms with Crippen molar-refractivity contribution >= 4 is 55.4 Å². The van der Waals surface area contributed by atoms with Crippen LogP contribution in [0.4, 0.5) is 10.5 Å². The summed E-state index contributed by atoms with van der Waals surface area (Å²) in [6.07, 6.45) is -0.437. The summed E-state index contributed by atoms with van der Waals surface area (Å²) in [7, 11) is 3.36. The van der Waals surface area contributed by atoms with Crippen molar-refractivity contribution < 1.29 is 19.0 Å². The molecule has 1 N–H and O–H groups in total. The van der Waals surface area contributed by atoms with E-state index in [0.29, 0.717) is 12.5 Å². The molecule has 2 heterocycles. The first kappa shape index (κ1) is 25.0. The molecule has 0 aliphatic heterocycles. The van der Waals surface area contributed by atoms with E-state index in [9.17, 15) is 4.79 Å². The van der Waals surface area contributed by atoms with Crippen molar-refractivity contribution in [3.63, 3.8) is 0 Å². The van der Waals surface area contributed by atoms with Gasteiger partial charge in [-0.1, -0.05) is 36.4 Å². The molecule has 0 bridgehead atoms. The molecule has 7 nitrogen and oxygen atoms in total. The second-order valence-electron chi connectivity index (χ2n) is 11.4. The second-order valence-corrected chi connectivity index (χ2v) is 11.4. The maximum absolute atomic E-state index is 13.8. The summed E-state index contributed by atoms with van der Waals surface area (Å²) < 4.78 is 21.6. The fourth-order valence-corrected chi connectivity index (χ4v) is 5.19. The van der Waals surface area contributed by atoms with Crippen LogP contribution in [0.2, 0.25) is 0 Å². The number of ether oxygens (including phenoxy) is 3. The summed E-state index contributed by atoms with van der Waals surface area (Å²) >= 11 is 0. The highest BCUT2D eigenvalue weighted by molar-refractivity contribution is 6.31. The van der Waals surface area contributed by atoms with E-state index in [2.05, 4.69) is 42.8 Å². The van der Waals surface area contributed by atoms with Crippen LogP contribution in [0.15, 0.2) is 48.5 Å². The van der Waals surface area contributed by atoms with Crippen molar-refractivity contribution in [2.75, 3.05) is 19.5 Å². The van der Waals surface area contributed by atoms with Crippen LogP contribution < -0.4 is 10.1 Å². The maximum atomic E-state index is 13.8. The largest absolute Gasteiger partial charge is 0.494 e. The number of para-hydroxylation sites is 2. The Bertz CT molecular complexity index is 1660. The molecule has 0 atom stereocenters. The Morgan fingerprint density at radius 3 is 2.00 bits per heavy atom. The molecule has 0 saturated carbocycles. The van der Waals surface area contributed by atoms with Crippen molar-refractivity contribution in [3.05, 3.63) is 48.5 Å². The number of anilines is 1. The third-order valence-electron chi connectivity index (χ3n) is 6.31. The summed E-state index contributed by atoms with van der Waals surface area (Å²) in [5.74, 6) is 0.691. The highest BCUT2D eigenvalue weighted by Crippen LogP contribution is 2.50. The monoisotopic (exact) mass is 501 g/mol. The molecule has 5 rings (SSSR count). The van der Waals surface area contributed by atoms with E-state index < -0.39 is 11.7 Å². The van der Waals surface area contributed by atoms with E-state index in [1.807, 2.05) is 57.2 Å². The first-order chi connectivity index (χ1) is 17.5. The first-order valence-electron chi connectivity index (χ1n) is 12.5. The zero-order valence-corrected chi connectivity index (χ0v) is 22.9. The van der Waals surface area contributed by atoms with E-state index in [-0.39, 0.29) is 5.54 Å². The third kappa shape index (κ3) is 4.07. The number of nitrogens with zero attached hydrogens (tertiary/aromatic N) is 2. The summed E-state index contributed by atoms with van der Waals surface area (Å²) in [6, 6.07) is 16.1. The van der Waals surface area contributed by atoms with E-state index in [1.54, 1.807) is 18.8 Å². The topological polar surface area (TPSA) is 66.7 Å². The molecule has 0 saturated heterocycles. The third-order valence-corrected chi connectivity index (χ3v) is 6.31. The Balaban J connectivity index is 2.12. The molecule has 0 amide bonds. The zero-order valence-electron chi connectivity index (χ0n) is 22.9. The van der Waals surface area contributed by atoms with Gasteiger partial charge in [0, 0.05) is 28.8 Å². The summed E-state index contributed by atoms with van der Waals surface area (Å²) in [5.41, 5.74) is 3.35. The Kier molecular flexibility index (Phi) is 5.87. The SMILES string of the molecule is COCn1c2ccccc2c2c(NC(C)(C)C)c(OC)c3c4ccccc4n(C(=O)OC(C)(C)C)c3c21. The van der Waals surface area contributed by atoms with Gasteiger partial charge < -0.3 is 24.1 Å². The lowest BCUT2D eigenvalue weighted by atomic mass is 10.0. The smallest absolute Gasteiger partial charge is 0.419 e. The minimum Gasteiger partial charge on any atom is -0.494 e. The standard InChI is InChI=1S/C30H35N3O4/c1-29(2,3)31-24-22-18-13-9-11-15-20(18)32(17-35-7)25(22)26-23(27(24)36-8)19-14-10-12-16-21(19)33(26)28(34)37-30(4,5)6/h9-16,31H,17H2,1-8H3. The van der Waals surface area contributed by atoms with Gasteiger partial charge in [-0.15, -0.1) is 0 Å². The number of carbonyl (C=O) groups is 1. The lowest BCUT2D eigenvalue weighted by molar-refractivity contribution is 0.0551. The fraction of sp³-hybridized carbons (Fsp3) is 0.367. The Morgan fingerprint density at radius 2 is 1.43 bits per heavy atom. The maximum Gasteiger partial charge on any atom is 0.419 e. The predicted octanol–water partition coefficient (Wildman–Crippen LogP) is 7.51. The van der Waals surface area contributed by atoms with Gasteiger partial charge in [0.1, 0.15) is 12.3 Å². The normalized spacial score (nSPS) is 12.6. The molecule has 194 valence electrons. The number of fused-ring (bicyclic) bond motifs is 7. The second kappa shape index (κ2) is 8.70. The predicted molar refractivity (Wildman–Crippen MR) is 151 cm³/mol. The molecule has 0 aliphatic rings. The van der Waals surface area contributed by atoms with Crippen LogP contribution in [-0.4, -0.2) is 40.6 Å². The average Bonchev–Trinajstić information content (AvgIpc) is 3.31. The molecule has 5 aromatic rings. The molecule has 0 unspecified atom stereocenters. The van der Waals surface area contributed by atoms with Gasteiger partial charge in [0.2, 0.25) is 0 Å². The lowest BCUT2D eigenvalue weighted by Crippen LogP contribution is -2.27. The van der Waals surface area contributed by atoms with Crippen molar-refractivity contribution in [2.45, 2.75) is 59.4 Å². The Hall–Kier alpha value is -3.71. The highest BCUT2D eigenvalue weighted by Gasteiger charge is 2.31. The van der Waals surface area contributed by atoms with Gasteiger partial charge in [-0.3, -0.25) is 0 Å². The van der Waals surface area contributed by atoms with Crippen LogP contribution in [0.25, 0.3) is 43.6 Å². The number of nitrogens with one attached hydrogen (secondary N) is 1. The number of aromatic nitrogens is 2. The number of hydrogen-bond acceptors (Lipinski definition) is 5. The van der Waals surface area contributed by atoms with Crippen LogP contribution >= 0.6 is 0 Å². The summed E-state index contributed by atoms with van der Waals surface area (Å²) in [4.78, 5) is 13.8. The van der Waals surface area contributed by atoms with Gasteiger partial charge in [-0.2, -0.15) is 0 Å². The van der Waals surface area contributed by atoms with Gasteiger partial charge in [-0.25, -0.2) is 9.36 Å². The van der Waals surface area contributed by atoms with Crippen molar-refractivity contribution in [3.8, 4) is 5.75 Å². The average molecular weight is 502 g/mol. The number of carbonyl (C=O) groups excluding carboxylic acids is 1. The molecule has 0 aliphatic carbocycles. The molecule has 0 radical (unpaired) electrons. The van der Waals surface area contributed by atoms with E-state index >= 15 is 0 Å². The van der Waals surface area contributed by atoms with Gasteiger partial charge in [0.15, 0.2) is 5.75 Å². The van der Waals surface area contributed by atoms with Crippen molar-refractivity contribution in [1.29, 1.82) is 0 Å². The van der Waals surface area contributed by atoms with E-state index in [4.69, 9.17) is 14.2 Å². The van der Waals surface area contributed by atoms with Crippen LogP contribution in [0.1, 0.15) is 41.5 Å². The quantitative estimate of drug-likeness (QED) is 0.276. The molecule has 0 fully saturated rings. The lowest BCUT2D eigenvalue weighted by Gasteiger charge is -2.26. The number of benzene rings is 3. The number of rotatable bonds is 4. The first-order valence-corrected chi connectivity index (χ1v) is 12.5.